The summed E-state index contributed by atoms with van der Waals surface area (Å²) >= 11 is 6.71. The van der Waals surface area contributed by atoms with E-state index in [0.29, 0.717) is 44.8 Å². The van der Waals surface area contributed by atoms with E-state index in [1.165, 1.54) is 7.11 Å². The number of rotatable bonds is 8. The third kappa shape index (κ3) is 5.86. The van der Waals surface area contributed by atoms with E-state index in [1.54, 1.807) is 4.90 Å². The van der Waals surface area contributed by atoms with Crippen LogP contribution in [0.2, 0.25) is 5.02 Å². The lowest BCUT2D eigenvalue weighted by molar-refractivity contribution is -0.132. The molecule has 0 aliphatic carbocycles. The van der Waals surface area contributed by atoms with Crippen molar-refractivity contribution in [2.45, 2.75) is 37.9 Å². The monoisotopic (exact) mass is 615 g/mol. The molecule has 0 N–H and O–H groups in total. The molecule has 2 atom stereocenters. The summed E-state index contributed by atoms with van der Waals surface area (Å²) in [7, 11) is 3.57. The van der Waals surface area contributed by atoms with Crippen LogP contribution in [0.3, 0.4) is 0 Å². The van der Waals surface area contributed by atoms with E-state index in [4.69, 9.17) is 37.6 Å². The minimum absolute atomic E-state index is 0.0778. The largest absolute Gasteiger partial charge is 0.492 e. The van der Waals surface area contributed by atoms with E-state index < -0.39 is 0 Å². The predicted molar refractivity (Wildman–Crippen MR) is 172 cm³/mol. The average molecular weight is 616 g/mol. The Hall–Kier alpha value is -4.07. The van der Waals surface area contributed by atoms with Crippen LogP contribution in [0.25, 0.3) is 15.6 Å². The summed E-state index contributed by atoms with van der Waals surface area (Å²) in [5, 5.41) is 2.87. The van der Waals surface area contributed by atoms with Crippen molar-refractivity contribution < 1.29 is 14.3 Å². The second-order valence-electron chi connectivity index (χ2n) is 11.7. The number of methoxy groups -OCH3 is 1. The van der Waals surface area contributed by atoms with Crippen molar-refractivity contribution in [1.82, 2.24) is 19.8 Å². The minimum Gasteiger partial charge on any atom is -0.492 e. The first-order valence-electron chi connectivity index (χ1n) is 15.1. The number of carbonyl (C=O) groups is 1. The molecule has 0 spiro atoms. The van der Waals surface area contributed by atoms with Crippen LogP contribution in [0.15, 0.2) is 48.7 Å². The molecule has 3 aliphatic rings. The van der Waals surface area contributed by atoms with Gasteiger partial charge in [0.25, 0.3) is 5.91 Å². The highest BCUT2D eigenvalue weighted by Gasteiger charge is 2.36. The molecule has 10 nitrogen and oxygen atoms in total. The first kappa shape index (κ1) is 30.0. The molecule has 4 heterocycles. The molecule has 3 aliphatic heterocycles. The highest BCUT2D eigenvalue weighted by atomic mass is 35.5. The van der Waals surface area contributed by atoms with E-state index in [9.17, 15) is 4.79 Å². The van der Waals surface area contributed by atoms with Crippen molar-refractivity contribution in [2.24, 2.45) is 0 Å². The maximum Gasteiger partial charge on any atom is 0.318 e. The standard InChI is InChI=1S/C33H38ClN7O3/c1-22(43-4)32(42)41-17-16-40(19-25(41)18-35-2)31-26-13-15-39(29-12-6-9-23-8-5-11-27(34)30(23)29)20-28(26)36-33(37-31)44-21-24-10-7-14-38(24)3/h5-6,8-9,11-12,24-25H,1,7,10,13-21H2,3-4H3. The number of fused-ring (bicyclic) bond motifs is 2. The van der Waals surface area contributed by atoms with Crippen LogP contribution in [0.1, 0.15) is 24.1 Å². The summed E-state index contributed by atoms with van der Waals surface area (Å²) in [5.41, 5.74) is 3.09. The second-order valence-corrected chi connectivity index (χ2v) is 12.1. The number of hydrogen-bond acceptors (Lipinski definition) is 8. The summed E-state index contributed by atoms with van der Waals surface area (Å²) < 4.78 is 11.4. The Morgan fingerprint density at radius 2 is 1.93 bits per heavy atom. The number of piperazine rings is 1. The van der Waals surface area contributed by atoms with Crippen molar-refractivity contribution in [2.75, 3.05) is 69.8 Å². The fourth-order valence-corrected chi connectivity index (χ4v) is 6.92. The normalized spacial score (nSPS) is 20.4. The fraction of sp³-hybridized carbons (Fsp3) is 0.455. The number of carbonyl (C=O) groups excluding carboxylic acids is 1. The maximum absolute atomic E-state index is 13.0. The molecule has 2 aromatic carbocycles. The number of likely N-dealkylation sites (tertiary alicyclic amines) is 1. The highest BCUT2D eigenvalue weighted by molar-refractivity contribution is 6.36. The predicted octanol–water partition coefficient (Wildman–Crippen LogP) is 4.42. The zero-order valence-electron chi connectivity index (χ0n) is 25.3. The smallest absolute Gasteiger partial charge is 0.318 e. The molecule has 1 amide bonds. The lowest BCUT2D eigenvalue weighted by Gasteiger charge is -2.41. The number of ether oxygens (including phenoxy) is 2. The van der Waals surface area contributed by atoms with Crippen LogP contribution in [0.4, 0.5) is 11.5 Å². The van der Waals surface area contributed by atoms with Crippen LogP contribution in [0.5, 0.6) is 6.01 Å². The Bertz CT molecular complexity index is 1600. The zero-order valence-corrected chi connectivity index (χ0v) is 26.1. The van der Waals surface area contributed by atoms with Crippen LogP contribution in [0, 0.1) is 6.57 Å². The van der Waals surface area contributed by atoms with Gasteiger partial charge in [0.15, 0.2) is 5.76 Å². The number of halogens is 1. The summed E-state index contributed by atoms with van der Waals surface area (Å²) in [6.45, 7) is 15.9. The van der Waals surface area contributed by atoms with Gasteiger partial charge in [-0.2, -0.15) is 9.97 Å². The molecule has 1 aromatic heterocycles. The van der Waals surface area contributed by atoms with E-state index in [0.717, 1.165) is 70.9 Å². The third-order valence-corrected chi connectivity index (χ3v) is 9.42. The Morgan fingerprint density at radius 1 is 1.11 bits per heavy atom. The van der Waals surface area contributed by atoms with Gasteiger partial charge in [0.2, 0.25) is 6.54 Å². The number of nitrogens with zero attached hydrogens (tertiary/aromatic N) is 7. The Morgan fingerprint density at radius 3 is 2.68 bits per heavy atom. The van der Waals surface area contributed by atoms with Gasteiger partial charge in [-0.05, 0) is 50.4 Å². The van der Waals surface area contributed by atoms with Gasteiger partial charge in [-0.25, -0.2) is 6.57 Å². The van der Waals surface area contributed by atoms with Gasteiger partial charge < -0.3 is 33.9 Å². The summed E-state index contributed by atoms with van der Waals surface area (Å²) in [5.74, 6) is 0.627. The third-order valence-electron chi connectivity index (χ3n) is 9.10. The van der Waals surface area contributed by atoms with Crippen molar-refractivity contribution in [3.8, 4) is 6.01 Å². The van der Waals surface area contributed by atoms with Gasteiger partial charge in [0, 0.05) is 48.9 Å². The van der Waals surface area contributed by atoms with E-state index in [2.05, 4.69) is 57.4 Å². The Labute approximate surface area is 263 Å². The molecule has 0 radical (unpaired) electrons. The number of amides is 1. The zero-order chi connectivity index (χ0) is 30.8. The molecule has 2 fully saturated rings. The topological polar surface area (TPSA) is 78.6 Å². The molecule has 0 saturated carbocycles. The van der Waals surface area contributed by atoms with Crippen LogP contribution < -0.4 is 14.5 Å². The Balaban J connectivity index is 1.33. The van der Waals surface area contributed by atoms with Crippen LogP contribution in [-0.4, -0.2) is 97.8 Å². The maximum atomic E-state index is 13.0. The lowest BCUT2D eigenvalue weighted by Crippen LogP contribution is -2.57. The van der Waals surface area contributed by atoms with Gasteiger partial charge in [0.1, 0.15) is 18.5 Å². The SMILES string of the molecule is [C-]#[N+]CC1CN(c2nc(OCC3CCCN3C)nc3c2CCN(c2cccc4cccc(Cl)c24)C3)CCN1C(=O)C(=C)OC. The van der Waals surface area contributed by atoms with Gasteiger partial charge in [-0.15, -0.1) is 0 Å². The number of likely N-dealkylation sites (N-methyl/N-ethyl adjacent to an activating group) is 1. The van der Waals surface area contributed by atoms with E-state index in [1.807, 2.05) is 12.1 Å². The highest BCUT2D eigenvalue weighted by Crippen LogP contribution is 2.37. The molecule has 3 aromatic rings. The first-order valence-corrected chi connectivity index (χ1v) is 15.5. The molecule has 44 heavy (non-hydrogen) atoms. The minimum atomic E-state index is -0.319. The van der Waals surface area contributed by atoms with Crippen LogP contribution in [-0.2, 0) is 22.5 Å². The summed E-state index contributed by atoms with van der Waals surface area (Å²) in [6.07, 6.45) is 2.99. The van der Waals surface area contributed by atoms with Crippen LogP contribution >= 0.6 is 11.6 Å². The quantitative estimate of drug-likeness (QED) is 0.209. The lowest BCUT2D eigenvalue weighted by atomic mass is 10.0. The van der Waals surface area contributed by atoms with Crippen molar-refractivity contribution in [3.63, 3.8) is 0 Å². The second kappa shape index (κ2) is 12.9. The first-order chi connectivity index (χ1) is 21.4. The van der Waals surface area contributed by atoms with E-state index >= 15 is 0 Å². The number of aromatic nitrogens is 2. The molecular formula is C33H38ClN7O3. The molecule has 2 saturated heterocycles. The molecule has 6 rings (SSSR count). The molecule has 230 valence electrons. The van der Waals surface area contributed by atoms with Crippen molar-refractivity contribution in [3.05, 3.63) is 76.4 Å². The van der Waals surface area contributed by atoms with Gasteiger partial charge >= 0.3 is 6.01 Å². The van der Waals surface area contributed by atoms with Gasteiger partial charge in [-0.1, -0.05) is 42.4 Å². The van der Waals surface area contributed by atoms with Gasteiger partial charge in [-0.3, -0.25) is 4.79 Å². The molecule has 0 bridgehead atoms. The fourth-order valence-electron chi connectivity index (χ4n) is 6.64. The summed E-state index contributed by atoms with van der Waals surface area (Å²) in [6, 6.07) is 12.6. The van der Waals surface area contributed by atoms with Crippen molar-refractivity contribution in [1.29, 1.82) is 0 Å². The number of benzene rings is 2. The number of hydrogen-bond donors (Lipinski definition) is 0. The number of anilines is 2. The summed E-state index contributed by atoms with van der Waals surface area (Å²) in [4.78, 5) is 35.1. The Kier molecular flexibility index (Phi) is 8.78. The molecular weight excluding hydrogens is 578 g/mol. The molecule has 2 unspecified atom stereocenters. The molecule has 11 heteroatoms. The van der Waals surface area contributed by atoms with Crippen molar-refractivity contribution >= 4 is 39.8 Å². The van der Waals surface area contributed by atoms with Gasteiger partial charge in [0.05, 0.1) is 24.4 Å². The average Bonchev–Trinajstić information content (AvgIpc) is 3.46. The van der Waals surface area contributed by atoms with E-state index in [-0.39, 0.29) is 24.3 Å².